The molecule has 0 spiro atoms. The topological polar surface area (TPSA) is 87.0 Å². The Morgan fingerprint density at radius 1 is 1.33 bits per heavy atom. The Morgan fingerprint density at radius 2 is 2.14 bits per heavy atom. The summed E-state index contributed by atoms with van der Waals surface area (Å²) >= 11 is 1.39. The van der Waals surface area contributed by atoms with Gasteiger partial charge in [-0.15, -0.1) is 11.3 Å². The van der Waals surface area contributed by atoms with Gasteiger partial charge >= 0.3 is 0 Å². The van der Waals surface area contributed by atoms with Gasteiger partial charge in [0.05, 0.1) is 11.2 Å². The molecular weight excluding hydrogens is 290 g/mol. The van der Waals surface area contributed by atoms with Crippen molar-refractivity contribution in [3.05, 3.63) is 23.6 Å². The molecule has 0 amide bonds. The van der Waals surface area contributed by atoms with Gasteiger partial charge in [0.15, 0.2) is 5.13 Å². The number of hydrogen-bond donors (Lipinski definition) is 3. The van der Waals surface area contributed by atoms with E-state index in [-0.39, 0.29) is 17.0 Å². The standard InChI is InChI=1S/C14H15N3O3S/c1-14(2)7-20-12(17-14)16-13-15-10(6-21-13)9-4-3-8(18)5-11(9)19/h3-6,18-19H,7H2,1-2H3,(H,15,16,17). The number of benzene rings is 1. The molecule has 1 aromatic carbocycles. The molecule has 2 aromatic rings. The third-order valence-corrected chi connectivity index (χ3v) is 3.70. The molecule has 0 atom stereocenters. The van der Waals surface area contributed by atoms with Crippen molar-refractivity contribution in [1.29, 1.82) is 0 Å². The second-order valence-corrected chi connectivity index (χ2v) is 6.24. The summed E-state index contributed by atoms with van der Waals surface area (Å²) in [4.78, 5) is 8.78. The van der Waals surface area contributed by atoms with Crippen molar-refractivity contribution in [3.8, 4) is 22.8 Å². The highest BCUT2D eigenvalue weighted by atomic mass is 32.1. The molecule has 0 saturated carbocycles. The van der Waals surface area contributed by atoms with E-state index in [1.54, 1.807) is 6.07 Å². The fourth-order valence-corrected chi connectivity index (χ4v) is 2.63. The Hall–Kier alpha value is -2.28. The number of aliphatic imine (C=N–C) groups is 1. The quantitative estimate of drug-likeness (QED) is 0.794. The highest BCUT2D eigenvalue weighted by molar-refractivity contribution is 7.14. The number of thiazole rings is 1. The van der Waals surface area contributed by atoms with Gasteiger partial charge in [0.25, 0.3) is 6.02 Å². The molecule has 0 saturated heterocycles. The number of ether oxygens (including phenoxy) is 1. The van der Waals surface area contributed by atoms with Crippen LogP contribution in [-0.2, 0) is 4.74 Å². The molecule has 0 aliphatic carbocycles. The SMILES string of the molecule is CC1(C)COC(Nc2nc(-c3ccc(O)cc3O)cs2)=N1. The molecule has 1 aliphatic rings. The lowest BCUT2D eigenvalue weighted by Crippen LogP contribution is -2.17. The highest BCUT2D eigenvalue weighted by Gasteiger charge is 2.26. The van der Waals surface area contributed by atoms with Crippen molar-refractivity contribution < 1.29 is 14.9 Å². The van der Waals surface area contributed by atoms with Crippen LogP contribution in [0.15, 0.2) is 28.6 Å². The van der Waals surface area contributed by atoms with Gasteiger partial charge in [0.1, 0.15) is 18.1 Å². The molecule has 0 radical (unpaired) electrons. The number of hydrogen-bond acceptors (Lipinski definition) is 7. The number of phenols is 2. The number of anilines is 1. The zero-order valence-corrected chi connectivity index (χ0v) is 12.4. The number of aromatic hydroxyl groups is 2. The molecule has 6 nitrogen and oxygen atoms in total. The monoisotopic (exact) mass is 305 g/mol. The molecular formula is C14H15N3O3S. The van der Waals surface area contributed by atoms with Crippen LogP contribution in [0.3, 0.4) is 0 Å². The predicted octanol–water partition coefficient (Wildman–Crippen LogP) is 2.80. The van der Waals surface area contributed by atoms with Crippen molar-refractivity contribution in [2.24, 2.45) is 4.99 Å². The van der Waals surface area contributed by atoms with Gasteiger partial charge in [-0.05, 0) is 26.0 Å². The van der Waals surface area contributed by atoms with Crippen molar-refractivity contribution in [3.63, 3.8) is 0 Å². The average Bonchev–Trinajstić information content (AvgIpc) is 2.97. The Bertz CT molecular complexity index is 709. The summed E-state index contributed by atoms with van der Waals surface area (Å²) in [6.45, 7) is 4.51. The molecule has 0 fully saturated rings. The maximum absolute atomic E-state index is 9.84. The second-order valence-electron chi connectivity index (χ2n) is 5.38. The summed E-state index contributed by atoms with van der Waals surface area (Å²) in [6, 6.07) is 4.87. The fourth-order valence-electron chi connectivity index (χ4n) is 1.93. The maximum atomic E-state index is 9.84. The number of amidine groups is 1. The first-order valence-electron chi connectivity index (χ1n) is 6.40. The largest absolute Gasteiger partial charge is 0.508 e. The van der Waals surface area contributed by atoms with Gasteiger partial charge in [-0.1, -0.05) is 0 Å². The van der Waals surface area contributed by atoms with E-state index in [9.17, 15) is 10.2 Å². The molecule has 0 bridgehead atoms. The first-order valence-corrected chi connectivity index (χ1v) is 7.28. The van der Waals surface area contributed by atoms with Crippen molar-refractivity contribution in [2.45, 2.75) is 19.4 Å². The minimum atomic E-state index is -0.225. The van der Waals surface area contributed by atoms with E-state index in [4.69, 9.17) is 4.74 Å². The number of nitrogens with zero attached hydrogens (tertiary/aromatic N) is 2. The molecule has 110 valence electrons. The molecule has 7 heteroatoms. The molecule has 1 aliphatic heterocycles. The highest BCUT2D eigenvalue weighted by Crippen LogP contribution is 2.34. The Morgan fingerprint density at radius 3 is 2.81 bits per heavy atom. The molecule has 2 heterocycles. The average molecular weight is 305 g/mol. The summed E-state index contributed by atoms with van der Waals surface area (Å²) in [7, 11) is 0. The summed E-state index contributed by atoms with van der Waals surface area (Å²) in [5, 5.41) is 24.6. The van der Waals surface area contributed by atoms with Crippen LogP contribution in [0, 0.1) is 0 Å². The predicted molar refractivity (Wildman–Crippen MR) is 82.0 cm³/mol. The fraction of sp³-hybridized carbons (Fsp3) is 0.286. The van der Waals surface area contributed by atoms with Crippen molar-refractivity contribution in [1.82, 2.24) is 4.98 Å². The van der Waals surface area contributed by atoms with Gasteiger partial charge in [-0.25, -0.2) is 9.98 Å². The lowest BCUT2D eigenvalue weighted by molar-refractivity contribution is 0.278. The number of nitrogens with one attached hydrogen (secondary N) is 1. The van der Waals surface area contributed by atoms with E-state index >= 15 is 0 Å². The van der Waals surface area contributed by atoms with Crippen LogP contribution in [0.4, 0.5) is 5.13 Å². The van der Waals surface area contributed by atoms with Crippen LogP contribution in [0.1, 0.15) is 13.8 Å². The lowest BCUT2D eigenvalue weighted by atomic mass is 10.1. The van der Waals surface area contributed by atoms with Gasteiger partial charge in [-0.3, -0.25) is 5.32 Å². The van der Waals surface area contributed by atoms with E-state index in [0.29, 0.717) is 29.0 Å². The Labute approximate surface area is 125 Å². The minimum Gasteiger partial charge on any atom is -0.508 e. The van der Waals surface area contributed by atoms with Crippen LogP contribution < -0.4 is 5.32 Å². The van der Waals surface area contributed by atoms with Crippen LogP contribution >= 0.6 is 11.3 Å². The zero-order chi connectivity index (χ0) is 15.0. The normalized spacial score (nSPS) is 16.4. The molecule has 21 heavy (non-hydrogen) atoms. The third-order valence-electron chi connectivity index (χ3n) is 2.94. The van der Waals surface area contributed by atoms with E-state index in [0.717, 1.165) is 0 Å². The van der Waals surface area contributed by atoms with E-state index in [1.165, 1.54) is 23.5 Å². The molecule has 3 N–H and O–H groups in total. The van der Waals surface area contributed by atoms with E-state index in [2.05, 4.69) is 15.3 Å². The van der Waals surface area contributed by atoms with Crippen LogP contribution in [0.2, 0.25) is 0 Å². The molecule has 3 rings (SSSR count). The number of rotatable bonds is 2. The molecule has 1 aromatic heterocycles. The Kier molecular flexibility index (Phi) is 3.21. The van der Waals surface area contributed by atoms with Crippen molar-refractivity contribution in [2.75, 3.05) is 11.9 Å². The summed E-state index contributed by atoms with van der Waals surface area (Å²) in [5.74, 6) is 0.00297. The van der Waals surface area contributed by atoms with Gasteiger partial charge in [0.2, 0.25) is 0 Å². The van der Waals surface area contributed by atoms with Crippen LogP contribution in [-0.4, -0.2) is 33.4 Å². The number of phenolic OH excluding ortho intramolecular Hbond substituents is 2. The smallest absolute Gasteiger partial charge is 0.291 e. The third kappa shape index (κ3) is 2.92. The summed E-state index contributed by atoms with van der Waals surface area (Å²) < 4.78 is 5.45. The van der Waals surface area contributed by atoms with Gasteiger partial charge in [0, 0.05) is 17.0 Å². The van der Waals surface area contributed by atoms with Gasteiger partial charge < -0.3 is 14.9 Å². The summed E-state index contributed by atoms with van der Waals surface area (Å²) in [5.41, 5.74) is 0.960. The lowest BCUT2D eigenvalue weighted by Gasteiger charge is -2.07. The summed E-state index contributed by atoms with van der Waals surface area (Å²) in [6.07, 6.45) is 0. The zero-order valence-electron chi connectivity index (χ0n) is 11.6. The van der Waals surface area contributed by atoms with E-state index in [1.807, 2.05) is 19.2 Å². The Balaban J connectivity index is 1.81. The van der Waals surface area contributed by atoms with Gasteiger partial charge in [-0.2, -0.15) is 0 Å². The minimum absolute atomic E-state index is 0.0116. The second kappa shape index (κ2) is 4.92. The number of aromatic nitrogens is 1. The first-order chi connectivity index (χ1) is 9.93. The van der Waals surface area contributed by atoms with Crippen LogP contribution in [0.25, 0.3) is 11.3 Å². The van der Waals surface area contributed by atoms with Crippen molar-refractivity contribution >= 4 is 22.5 Å². The maximum Gasteiger partial charge on any atom is 0.291 e. The molecule has 0 unspecified atom stereocenters. The van der Waals surface area contributed by atoms with Crippen LogP contribution in [0.5, 0.6) is 11.5 Å². The first kappa shape index (κ1) is 13.7. The van der Waals surface area contributed by atoms with E-state index < -0.39 is 0 Å².